The minimum Gasteiger partial charge on any atom is -0.339 e. The minimum absolute atomic E-state index is 0.0897. The highest BCUT2D eigenvalue weighted by atomic mass is 16.5. The number of rotatable bonds is 6. The zero-order valence-corrected chi connectivity index (χ0v) is 14.6. The standard InChI is InChI=1S/C18H21N5O2/c1-12-11-23(13(2)15-7-5-4-6-8-15)21-18(12)20-16(24)9-10-17-19-14(3)22-25-17/h4-8,11,13H,9-10H2,1-3H3,(H,20,21,24)/t13-/m0/s1. The van der Waals surface area contributed by atoms with Gasteiger partial charge in [-0.15, -0.1) is 0 Å². The normalized spacial score (nSPS) is 12.1. The monoisotopic (exact) mass is 339 g/mol. The number of amides is 1. The van der Waals surface area contributed by atoms with Crippen molar-refractivity contribution in [3.8, 4) is 0 Å². The van der Waals surface area contributed by atoms with E-state index in [0.717, 1.165) is 11.1 Å². The summed E-state index contributed by atoms with van der Waals surface area (Å²) in [5.74, 6) is 1.48. The van der Waals surface area contributed by atoms with Gasteiger partial charge < -0.3 is 9.84 Å². The molecular weight excluding hydrogens is 318 g/mol. The van der Waals surface area contributed by atoms with Gasteiger partial charge in [0, 0.05) is 24.6 Å². The molecule has 0 bridgehead atoms. The maximum absolute atomic E-state index is 12.1. The zero-order valence-electron chi connectivity index (χ0n) is 14.6. The Balaban J connectivity index is 1.63. The van der Waals surface area contributed by atoms with Crippen LogP contribution >= 0.6 is 0 Å². The summed E-state index contributed by atoms with van der Waals surface area (Å²) in [6.45, 7) is 5.75. The zero-order chi connectivity index (χ0) is 17.8. The quantitative estimate of drug-likeness (QED) is 0.746. The molecule has 0 unspecified atom stereocenters. The van der Waals surface area contributed by atoms with Gasteiger partial charge >= 0.3 is 0 Å². The number of anilines is 1. The van der Waals surface area contributed by atoms with Crippen LogP contribution in [0.2, 0.25) is 0 Å². The summed E-state index contributed by atoms with van der Waals surface area (Å²) in [6, 6.07) is 10.2. The third-order valence-electron chi connectivity index (χ3n) is 3.99. The Labute approximate surface area is 146 Å². The number of carbonyl (C=O) groups excluding carboxylic acids is 1. The maximum Gasteiger partial charge on any atom is 0.227 e. The molecule has 2 heterocycles. The van der Waals surface area contributed by atoms with Crippen LogP contribution in [-0.4, -0.2) is 25.8 Å². The van der Waals surface area contributed by atoms with Gasteiger partial charge in [-0.05, 0) is 26.3 Å². The number of aryl methyl sites for hydroxylation is 3. The van der Waals surface area contributed by atoms with E-state index < -0.39 is 0 Å². The van der Waals surface area contributed by atoms with E-state index in [9.17, 15) is 4.79 Å². The van der Waals surface area contributed by atoms with Crippen LogP contribution in [0.3, 0.4) is 0 Å². The lowest BCUT2D eigenvalue weighted by Crippen LogP contribution is -2.14. The first-order valence-corrected chi connectivity index (χ1v) is 8.22. The van der Waals surface area contributed by atoms with Crippen molar-refractivity contribution in [2.75, 3.05) is 5.32 Å². The fourth-order valence-electron chi connectivity index (χ4n) is 2.55. The largest absolute Gasteiger partial charge is 0.339 e. The third-order valence-corrected chi connectivity index (χ3v) is 3.99. The number of hydrogen-bond acceptors (Lipinski definition) is 5. The lowest BCUT2D eigenvalue weighted by atomic mass is 10.1. The molecule has 0 aliphatic rings. The summed E-state index contributed by atoms with van der Waals surface area (Å²) in [6.07, 6.45) is 2.61. The van der Waals surface area contributed by atoms with E-state index >= 15 is 0 Å². The van der Waals surface area contributed by atoms with E-state index in [2.05, 4.69) is 39.6 Å². The Morgan fingerprint density at radius 1 is 1.28 bits per heavy atom. The van der Waals surface area contributed by atoms with Crippen molar-refractivity contribution in [2.24, 2.45) is 0 Å². The van der Waals surface area contributed by atoms with Gasteiger partial charge in [0.05, 0.1) is 6.04 Å². The highest BCUT2D eigenvalue weighted by Crippen LogP contribution is 2.21. The van der Waals surface area contributed by atoms with Gasteiger partial charge in [-0.2, -0.15) is 10.1 Å². The van der Waals surface area contributed by atoms with Gasteiger partial charge in [-0.3, -0.25) is 9.48 Å². The molecule has 0 saturated heterocycles. The molecule has 1 amide bonds. The van der Waals surface area contributed by atoms with Crippen molar-refractivity contribution >= 4 is 11.7 Å². The summed E-state index contributed by atoms with van der Waals surface area (Å²) in [5.41, 5.74) is 2.08. The number of nitrogens with one attached hydrogen (secondary N) is 1. The molecular formula is C18H21N5O2. The molecule has 0 aliphatic carbocycles. The van der Waals surface area contributed by atoms with Crippen LogP contribution in [-0.2, 0) is 11.2 Å². The Morgan fingerprint density at radius 2 is 2.04 bits per heavy atom. The fraction of sp³-hybridized carbons (Fsp3) is 0.333. The van der Waals surface area contributed by atoms with Crippen LogP contribution in [0.4, 0.5) is 5.82 Å². The highest BCUT2D eigenvalue weighted by Gasteiger charge is 2.14. The van der Waals surface area contributed by atoms with E-state index in [4.69, 9.17) is 4.52 Å². The lowest BCUT2D eigenvalue weighted by Gasteiger charge is -2.12. The van der Waals surface area contributed by atoms with Crippen molar-refractivity contribution in [3.63, 3.8) is 0 Å². The first-order chi connectivity index (χ1) is 12.0. The summed E-state index contributed by atoms with van der Waals surface area (Å²) >= 11 is 0. The smallest absolute Gasteiger partial charge is 0.227 e. The molecule has 1 N–H and O–H groups in total. The molecule has 0 fully saturated rings. The Bertz CT molecular complexity index is 853. The molecule has 0 saturated carbocycles. The SMILES string of the molecule is Cc1noc(CCC(=O)Nc2nn([C@@H](C)c3ccccc3)cc2C)n1. The number of benzene rings is 1. The third kappa shape index (κ3) is 4.12. The molecule has 25 heavy (non-hydrogen) atoms. The Hall–Kier alpha value is -2.96. The van der Waals surface area contributed by atoms with Gasteiger partial charge in [-0.25, -0.2) is 0 Å². The van der Waals surface area contributed by atoms with Crippen LogP contribution in [0.1, 0.15) is 42.2 Å². The summed E-state index contributed by atoms with van der Waals surface area (Å²) in [4.78, 5) is 16.2. The van der Waals surface area contributed by atoms with E-state index in [1.165, 1.54) is 0 Å². The molecule has 3 aromatic rings. The molecule has 3 rings (SSSR count). The molecule has 7 nitrogen and oxygen atoms in total. The fourth-order valence-corrected chi connectivity index (χ4v) is 2.55. The minimum atomic E-state index is -0.128. The van der Waals surface area contributed by atoms with Crippen LogP contribution in [0.15, 0.2) is 41.1 Å². The first-order valence-electron chi connectivity index (χ1n) is 8.22. The predicted molar refractivity (Wildman–Crippen MR) is 93.2 cm³/mol. The van der Waals surface area contributed by atoms with Crippen molar-refractivity contribution in [1.29, 1.82) is 0 Å². The number of carbonyl (C=O) groups is 1. The van der Waals surface area contributed by atoms with Gasteiger partial charge in [0.15, 0.2) is 11.6 Å². The molecule has 1 atom stereocenters. The maximum atomic E-state index is 12.1. The van der Waals surface area contributed by atoms with Crippen molar-refractivity contribution < 1.29 is 9.32 Å². The van der Waals surface area contributed by atoms with Crippen molar-refractivity contribution in [1.82, 2.24) is 19.9 Å². The number of hydrogen-bond donors (Lipinski definition) is 1. The van der Waals surface area contributed by atoms with Gasteiger partial charge in [0.2, 0.25) is 11.8 Å². The average Bonchev–Trinajstić information content (AvgIpc) is 3.19. The van der Waals surface area contributed by atoms with Crippen LogP contribution in [0.5, 0.6) is 0 Å². The lowest BCUT2D eigenvalue weighted by molar-refractivity contribution is -0.116. The molecule has 2 aromatic heterocycles. The van der Waals surface area contributed by atoms with E-state index in [1.807, 2.05) is 36.0 Å². The second-order valence-corrected chi connectivity index (χ2v) is 6.01. The average molecular weight is 339 g/mol. The van der Waals surface area contributed by atoms with Gasteiger partial charge in [0.25, 0.3) is 0 Å². The van der Waals surface area contributed by atoms with Crippen LogP contribution in [0, 0.1) is 13.8 Å². The summed E-state index contributed by atoms with van der Waals surface area (Å²) < 4.78 is 6.88. The molecule has 1 aromatic carbocycles. The van der Waals surface area contributed by atoms with Crippen LogP contribution < -0.4 is 5.32 Å². The molecule has 0 aliphatic heterocycles. The van der Waals surface area contributed by atoms with E-state index in [0.29, 0.717) is 24.0 Å². The summed E-state index contributed by atoms with van der Waals surface area (Å²) in [5, 5.41) is 11.1. The number of aromatic nitrogens is 4. The van der Waals surface area contributed by atoms with Gasteiger partial charge in [0.1, 0.15) is 0 Å². The first kappa shape index (κ1) is 16.9. The van der Waals surface area contributed by atoms with Crippen molar-refractivity contribution in [3.05, 3.63) is 59.4 Å². The van der Waals surface area contributed by atoms with Crippen LogP contribution in [0.25, 0.3) is 0 Å². The Morgan fingerprint density at radius 3 is 2.72 bits per heavy atom. The number of nitrogens with zero attached hydrogens (tertiary/aromatic N) is 4. The van der Waals surface area contributed by atoms with E-state index in [1.54, 1.807) is 6.92 Å². The second-order valence-electron chi connectivity index (χ2n) is 6.01. The summed E-state index contributed by atoms with van der Waals surface area (Å²) in [7, 11) is 0. The molecule has 0 radical (unpaired) electrons. The highest BCUT2D eigenvalue weighted by molar-refractivity contribution is 5.90. The molecule has 0 spiro atoms. The van der Waals surface area contributed by atoms with Gasteiger partial charge in [-0.1, -0.05) is 35.5 Å². The second kappa shape index (κ2) is 7.29. The molecule has 130 valence electrons. The Kier molecular flexibility index (Phi) is 4.92. The predicted octanol–water partition coefficient (Wildman–Crippen LogP) is 3.06. The van der Waals surface area contributed by atoms with Crippen molar-refractivity contribution in [2.45, 2.75) is 39.7 Å². The topological polar surface area (TPSA) is 85.8 Å². The van der Waals surface area contributed by atoms with E-state index in [-0.39, 0.29) is 18.4 Å². The molecule has 7 heteroatoms.